The van der Waals surface area contributed by atoms with Crippen LogP contribution in [0, 0.1) is 11.3 Å². The third-order valence-electron chi connectivity index (χ3n) is 5.98. The van der Waals surface area contributed by atoms with E-state index in [1.165, 1.54) is 25.1 Å². The van der Waals surface area contributed by atoms with Crippen LogP contribution >= 0.6 is 0 Å². The van der Waals surface area contributed by atoms with Crippen molar-refractivity contribution in [2.24, 2.45) is 11.3 Å². The molecule has 2 heterocycles. The van der Waals surface area contributed by atoms with Crippen molar-refractivity contribution in [3.05, 3.63) is 23.8 Å². The fourth-order valence-corrected chi connectivity index (χ4v) is 4.57. The van der Waals surface area contributed by atoms with Crippen LogP contribution in [0.2, 0.25) is 0 Å². The second-order valence-electron chi connectivity index (χ2n) is 7.28. The number of likely N-dealkylation sites (tertiary alicyclic amines) is 2. The Hall–Kier alpha value is -0.740. The van der Waals surface area contributed by atoms with E-state index in [9.17, 15) is 8.78 Å². The zero-order valence-electron chi connectivity index (χ0n) is 12.7. The molecular weight excluding hydrogens is 270 g/mol. The molecule has 3 fully saturated rings. The van der Waals surface area contributed by atoms with E-state index in [0.29, 0.717) is 12.0 Å². The van der Waals surface area contributed by atoms with Gasteiger partial charge in [-0.2, -0.15) is 0 Å². The van der Waals surface area contributed by atoms with Crippen molar-refractivity contribution >= 4 is 0 Å². The SMILES string of the molecule is CCN1CC2CC2(C2=CCC(N3CCC(F)(F)C3)C=C2)C1. The van der Waals surface area contributed by atoms with Gasteiger partial charge < -0.3 is 4.90 Å². The molecule has 4 aliphatic rings. The highest BCUT2D eigenvalue weighted by atomic mass is 19.3. The Kier molecular flexibility index (Phi) is 3.06. The lowest BCUT2D eigenvalue weighted by Crippen LogP contribution is -2.35. The molecule has 0 aromatic carbocycles. The van der Waals surface area contributed by atoms with Crippen molar-refractivity contribution < 1.29 is 8.78 Å². The van der Waals surface area contributed by atoms with E-state index in [4.69, 9.17) is 0 Å². The van der Waals surface area contributed by atoms with Crippen LogP contribution in [-0.2, 0) is 0 Å². The van der Waals surface area contributed by atoms with E-state index in [1.54, 1.807) is 0 Å². The summed E-state index contributed by atoms with van der Waals surface area (Å²) in [5, 5.41) is 0. The van der Waals surface area contributed by atoms with Gasteiger partial charge in [-0.3, -0.25) is 4.90 Å². The van der Waals surface area contributed by atoms with Gasteiger partial charge in [0.05, 0.1) is 6.54 Å². The lowest BCUT2D eigenvalue weighted by Gasteiger charge is -2.28. The number of hydrogen-bond donors (Lipinski definition) is 0. The summed E-state index contributed by atoms with van der Waals surface area (Å²) in [4.78, 5) is 4.48. The summed E-state index contributed by atoms with van der Waals surface area (Å²) < 4.78 is 26.7. The maximum absolute atomic E-state index is 13.3. The minimum atomic E-state index is -2.48. The second kappa shape index (κ2) is 4.63. The average molecular weight is 294 g/mol. The molecule has 21 heavy (non-hydrogen) atoms. The molecule has 1 saturated carbocycles. The minimum absolute atomic E-state index is 0.0192. The lowest BCUT2D eigenvalue weighted by molar-refractivity contribution is 0.00970. The highest BCUT2D eigenvalue weighted by Crippen LogP contribution is 2.62. The van der Waals surface area contributed by atoms with E-state index >= 15 is 0 Å². The molecule has 116 valence electrons. The first-order valence-electron chi connectivity index (χ1n) is 8.25. The fraction of sp³-hybridized carbons (Fsp3) is 0.765. The maximum Gasteiger partial charge on any atom is 0.261 e. The summed E-state index contributed by atoms with van der Waals surface area (Å²) in [7, 11) is 0. The topological polar surface area (TPSA) is 6.48 Å². The molecule has 2 aliphatic heterocycles. The Bertz CT molecular complexity index is 499. The molecule has 3 atom stereocenters. The van der Waals surface area contributed by atoms with Crippen LogP contribution < -0.4 is 0 Å². The van der Waals surface area contributed by atoms with Gasteiger partial charge in [-0.05, 0) is 30.9 Å². The molecule has 0 radical (unpaired) electrons. The number of rotatable bonds is 3. The molecule has 4 heteroatoms. The summed E-state index contributed by atoms with van der Waals surface area (Å²) in [5.41, 5.74) is 1.89. The van der Waals surface area contributed by atoms with Crippen molar-refractivity contribution in [3.63, 3.8) is 0 Å². The number of hydrogen-bond acceptors (Lipinski definition) is 2. The van der Waals surface area contributed by atoms with Crippen LogP contribution in [0.4, 0.5) is 8.78 Å². The zero-order valence-corrected chi connectivity index (χ0v) is 12.7. The van der Waals surface area contributed by atoms with Crippen molar-refractivity contribution in [2.45, 2.75) is 38.2 Å². The lowest BCUT2D eigenvalue weighted by atomic mass is 9.88. The maximum atomic E-state index is 13.3. The van der Waals surface area contributed by atoms with Crippen molar-refractivity contribution in [1.82, 2.24) is 9.80 Å². The van der Waals surface area contributed by atoms with Gasteiger partial charge in [0, 0.05) is 37.5 Å². The van der Waals surface area contributed by atoms with Crippen LogP contribution in [0.5, 0.6) is 0 Å². The van der Waals surface area contributed by atoms with Gasteiger partial charge in [0.25, 0.3) is 5.92 Å². The van der Waals surface area contributed by atoms with E-state index in [2.05, 4.69) is 30.1 Å². The van der Waals surface area contributed by atoms with E-state index < -0.39 is 5.92 Å². The van der Waals surface area contributed by atoms with Gasteiger partial charge in [0.2, 0.25) is 0 Å². The van der Waals surface area contributed by atoms with Crippen LogP contribution in [0.1, 0.15) is 26.2 Å². The number of fused-ring (bicyclic) bond motifs is 1. The Labute approximate surface area is 125 Å². The van der Waals surface area contributed by atoms with Gasteiger partial charge in [-0.25, -0.2) is 8.78 Å². The average Bonchev–Trinajstić information content (AvgIpc) is 2.86. The molecule has 4 rings (SSSR count). The Balaban J connectivity index is 1.41. The van der Waals surface area contributed by atoms with Gasteiger partial charge in [-0.1, -0.05) is 25.2 Å². The monoisotopic (exact) mass is 294 g/mol. The molecule has 0 aromatic rings. The molecule has 3 unspecified atom stereocenters. The standard InChI is InChI=1S/C17H24F2N2/c1-2-20-10-14-9-16(14,11-20)13-3-5-15(6-4-13)21-8-7-17(18,19)12-21/h3-5,14-15H,2,6-12H2,1H3. The Morgan fingerprint density at radius 1 is 1.33 bits per heavy atom. The molecule has 2 saturated heterocycles. The van der Waals surface area contributed by atoms with Gasteiger partial charge in [-0.15, -0.1) is 0 Å². The summed E-state index contributed by atoms with van der Waals surface area (Å²) in [6, 6.07) is 0.180. The van der Waals surface area contributed by atoms with Gasteiger partial charge in [0.1, 0.15) is 0 Å². The Morgan fingerprint density at radius 2 is 2.19 bits per heavy atom. The second-order valence-corrected chi connectivity index (χ2v) is 7.28. The largest absolute Gasteiger partial charge is 0.302 e. The predicted octanol–water partition coefficient (Wildman–Crippen LogP) is 2.92. The number of piperidine rings is 1. The minimum Gasteiger partial charge on any atom is -0.302 e. The quantitative estimate of drug-likeness (QED) is 0.789. The summed E-state index contributed by atoms with van der Waals surface area (Å²) in [5.74, 6) is -1.65. The van der Waals surface area contributed by atoms with Crippen LogP contribution in [0.3, 0.4) is 0 Å². The first kappa shape index (κ1) is 13.9. The summed E-state index contributed by atoms with van der Waals surface area (Å²) in [6.45, 7) is 6.26. The number of halogens is 2. The summed E-state index contributed by atoms with van der Waals surface area (Å²) >= 11 is 0. The highest BCUT2D eigenvalue weighted by molar-refractivity contribution is 5.40. The number of alkyl halides is 2. The van der Waals surface area contributed by atoms with Crippen molar-refractivity contribution in [1.29, 1.82) is 0 Å². The third kappa shape index (κ3) is 2.27. The first-order chi connectivity index (χ1) is 10.0. The smallest absolute Gasteiger partial charge is 0.261 e. The molecule has 2 aliphatic carbocycles. The van der Waals surface area contributed by atoms with Gasteiger partial charge >= 0.3 is 0 Å². The van der Waals surface area contributed by atoms with E-state index in [-0.39, 0.29) is 19.0 Å². The van der Waals surface area contributed by atoms with Gasteiger partial charge in [0.15, 0.2) is 0 Å². The molecule has 0 bridgehead atoms. The molecule has 0 aromatic heterocycles. The van der Waals surface area contributed by atoms with Crippen molar-refractivity contribution in [2.75, 3.05) is 32.7 Å². The molecular formula is C17H24F2N2. The fourth-order valence-electron chi connectivity index (χ4n) is 4.57. The van der Waals surface area contributed by atoms with Crippen LogP contribution in [-0.4, -0.2) is 54.5 Å². The molecule has 0 spiro atoms. The highest BCUT2D eigenvalue weighted by Gasteiger charge is 2.60. The number of allylic oxidation sites excluding steroid dienone is 1. The van der Waals surface area contributed by atoms with Crippen LogP contribution in [0.25, 0.3) is 0 Å². The van der Waals surface area contributed by atoms with E-state index in [1.807, 2.05) is 4.90 Å². The van der Waals surface area contributed by atoms with Crippen molar-refractivity contribution in [3.8, 4) is 0 Å². The molecule has 0 N–H and O–H groups in total. The summed E-state index contributed by atoms with van der Waals surface area (Å²) in [6.07, 6.45) is 9.00. The van der Waals surface area contributed by atoms with E-state index in [0.717, 1.165) is 18.9 Å². The molecule has 2 nitrogen and oxygen atoms in total. The third-order valence-corrected chi connectivity index (χ3v) is 5.98. The predicted molar refractivity (Wildman–Crippen MR) is 79.4 cm³/mol. The first-order valence-corrected chi connectivity index (χ1v) is 8.25. The Morgan fingerprint density at radius 3 is 2.76 bits per heavy atom. The zero-order chi connectivity index (χ0) is 14.7. The number of nitrogens with zero attached hydrogens (tertiary/aromatic N) is 2. The normalized spacial score (nSPS) is 42.1. The molecule has 0 amide bonds. The van der Waals surface area contributed by atoms with Crippen LogP contribution in [0.15, 0.2) is 23.8 Å².